The van der Waals surface area contributed by atoms with Crippen LogP contribution in [0.25, 0.3) is 0 Å². The van der Waals surface area contributed by atoms with Gasteiger partial charge in [-0.1, -0.05) is 0 Å². The van der Waals surface area contributed by atoms with E-state index >= 15 is 0 Å². The number of nitriles is 1. The van der Waals surface area contributed by atoms with Crippen LogP contribution in [0.15, 0.2) is 0 Å². The molecule has 0 aliphatic carbocycles. The number of hydrogen-bond donors (Lipinski definition) is 0. The molecule has 0 bridgehead atoms. The molecular formula is C11H19NO3. The van der Waals surface area contributed by atoms with Gasteiger partial charge in [-0.25, -0.2) is 0 Å². The third-order valence-corrected chi connectivity index (χ3v) is 2.32. The number of nitrogens with zero attached hydrogens (tertiary/aromatic N) is 1. The Morgan fingerprint density at radius 1 is 1.27 bits per heavy atom. The third kappa shape index (κ3) is 6.45. The molecule has 4 heteroatoms. The molecule has 0 N–H and O–H groups in total. The molecule has 0 amide bonds. The van der Waals surface area contributed by atoms with Crippen molar-refractivity contribution in [2.24, 2.45) is 0 Å². The maximum Gasteiger partial charge on any atom is 0.133 e. The van der Waals surface area contributed by atoms with Gasteiger partial charge in [-0.05, 0) is 25.7 Å². The number of hydrogen-bond acceptors (Lipinski definition) is 4. The van der Waals surface area contributed by atoms with Gasteiger partial charge in [0, 0.05) is 13.2 Å². The van der Waals surface area contributed by atoms with Gasteiger partial charge in [0.1, 0.15) is 6.61 Å². The Morgan fingerprint density at radius 2 is 2.13 bits per heavy atom. The second-order valence-corrected chi connectivity index (χ2v) is 3.63. The van der Waals surface area contributed by atoms with Crippen molar-refractivity contribution < 1.29 is 14.2 Å². The fraction of sp³-hybridized carbons (Fsp3) is 0.909. The minimum atomic E-state index is 0.172. The summed E-state index contributed by atoms with van der Waals surface area (Å²) < 4.78 is 16.0. The van der Waals surface area contributed by atoms with Crippen LogP contribution < -0.4 is 0 Å². The van der Waals surface area contributed by atoms with Gasteiger partial charge >= 0.3 is 0 Å². The van der Waals surface area contributed by atoms with Crippen LogP contribution in [0, 0.1) is 11.3 Å². The Bertz CT molecular complexity index is 185. The van der Waals surface area contributed by atoms with Crippen LogP contribution in [0.1, 0.15) is 25.7 Å². The van der Waals surface area contributed by atoms with Crippen molar-refractivity contribution in [2.75, 3.05) is 33.0 Å². The first-order valence-electron chi connectivity index (χ1n) is 5.57. The zero-order chi connectivity index (χ0) is 10.8. The molecule has 1 saturated heterocycles. The van der Waals surface area contributed by atoms with Gasteiger partial charge in [-0.2, -0.15) is 5.26 Å². The van der Waals surface area contributed by atoms with Crippen molar-refractivity contribution in [2.45, 2.75) is 31.8 Å². The van der Waals surface area contributed by atoms with Crippen molar-refractivity contribution in [1.82, 2.24) is 0 Å². The van der Waals surface area contributed by atoms with E-state index in [2.05, 4.69) is 0 Å². The monoisotopic (exact) mass is 213 g/mol. The van der Waals surface area contributed by atoms with E-state index in [4.69, 9.17) is 19.5 Å². The van der Waals surface area contributed by atoms with Gasteiger partial charge in [0.25, 0.3) is 0 Å². The lowest BCUT2D eigenvalue weighted by molar-refractivity contribution is -0.0431. The summed E-state index contributed by atoms with van der Waals surface area (Å²) >= 11 is 0. The molecule has 0 aromatic heterocycles. The summed E-state index contributed by atoms with van der Waals surface area (Å²) in [6.45, 7) is 3.02. The minimum Gasteiger partial charge on any atom is -0.379 e. The second-order valence-electron chi connectivity index (χ2n) is 3.63. The van der Waals surface area contributed by atoms with E-state index in [1.54, 1.807) is 0 Å². The molecule has 1 atom stereocenters. The molecule has 1 unspecified atom stereocenters. The molecule has 15 heavy (non-hydrogen) atoms. The van der Waals surface area contributed by atoms with Crippen LogP contribution >= 0.6 is 0 Å². The van der Waals surface area contributed by atoms with E-state index in [1.165, 1.54) is 12.8 Å². The minimum absolute atomic E-state index is 0.172. The average molecular weight is 213 g/mol. The maximum absolute atomic E-state index is 8.22. The first kappa shape index (κ1) is 12.4. The molecule has 4 nitrogen and oxygen atoms in total. The summed E-state index contributed by atoms with van der Waals surface area (Å²) in [5.41, 5.74) is 0. The predicted octanol–water partition coefficient (Wildman–Crippen LogP) is 1.50. The average Bonchev–Trinajstić information content (AvgIpc) is 2.29. The Hall–Kier alpha value is -0.630. The SMILES string of the molecule is N#CCOCCCOCC1CCCCO1. The molecule has 1 rings (SSSR count). The Morgan fingerprint density at radius 3 is 2.87 bits per heavy atom. The van der Waals surface area contributed by atoms with Gasteiger partial charge < -0.3 is 14.2 Å². The van der Waals surface area contributed by atoms with Crippen LogP contribution in [0.4, 0.5) is 0 Å². The van der Waals surface area contributed by atoms with E-state index < -0.39 is 0 Å². The van der Waals surface area contributed by atoms with Gasteiger partial charge in [0.15, 0.2) is 0 Å². The molecule has 0 saturated carbocycles. The highest BCUT2D eigenvalue weighted by molar-refractivity contribution is 4.66. The Balaban J connectivity index is 1.82. The van der Waals surface area contributed by atoms with Gasteiger partial charge in [0.2, 0.25) is 0 Å². The summed E-state index contributed by atoms with van der Waals surface area (Å²) in [5.74, 6) is 0. The highest BCUT2D eigenvalue weighted by atomic mass is 16.5. The van der Waals surface area contributed by atoms with E-state index in [0.717, 1.165) is 19.4 Å². The molecule has 1 aliphatic rings. The van der Waals surface area contributed by atoms with Crippen molar-refractivity contribution in [1.29, 1.82) is 5.26 Å². The molecule has 0 radical (unpaired) electrons. The van der Waals surface area contributed by atoms with E-state index in [1.807, 2.05) is 6.07 Å². The van der Waals surface area contributed by atoms with Crippen LogP contribution in [-0.2, 0) is 14.2 Å². The smallest absolute Gasteiger partial charge is 0.133 e. The van der Waals surface area contributed by atoms with Crippen LogP contribution in [0.3, 0.4) is 0 Å². The fourth-order valence-electron chi connectivity index (χ4n) is 1.53. The fourth-order valence-corrected chi connectivity index (χ4v) is 1.53. The van der Waals surface area contributed by atoms with Gasteiger partial charge in [0.05, 0.1) is 25.4 Å². The van der Waals surface area contributed by atoms with Crippen LogP contribution in [-0.4, -0.2) is 39.1 Å². The number of rotatable bonds is 7. The first-order chi connectivity index (χ1) is 7.43. The summed E-state index contributed by atoms with van der Waals surface area (Å²) in [4.78, 5) is 0. The standard InChI is InChI=1S/C11H19NO3/c12-5-9-13-6-3-7-14-10-11-4-1-2-8-15-11/h11H,1-4,6-10H2. The van der Waals surface area contributed by atoms with Crippen molar-refractivity contribution in [3.8, 4) is 6.07 Å². The molecule has 0 spiro atoms. The summed E-state index contributed by atoms with van der Waals surface area (Å²) in [5, 5.41) is 8.22. The molecule has 86 valence electrons. The van der Waals surface area contributed by atoms with Crippen molar-refractivity contribution in [3.63, 3.8) is 0 Å². The molecule has 1 heterocycles. The second kappa shape index (κ2) is 8.66. The first-order valence-corrected chi connectivity index (χ1v) is 5.57. The summed E-state index contributed by atoms with van der Waals surface area (Å²) in [6, 6.07) is 1.93. The van der Waals surface area contributed by atoms with Crippen molar-refractivity contribution >= 4 is 0 Å². The van der Waals surface area contributed by atoms with E-state index in [9.17, 15) is 0 Å². The molecular weight excluding hydrogens is 194 g/mol. The lowest BCUT2D eigenvalue weighted by atomic mass is 10.1. The predicted molar refractivity (Wildman–Crippen MR) is 55.5 cm³/mol. The van der Waals surface area contributed by atoms with Gasteiger partial charge in [-0.15, -0.1) is 0 Å². The Labute approximate surface area is 91.1 Å². The van der Waals surface area contributed by atoms with Crippen LogP contribution in [0.2, 0.25) is 0 Å². The highest BCUT2D eigenvalue weighted by Gasteiger charge is 2.13. The van der Waals surface area contributed by atoms with E-state index in [0.29, 0.717) is 25.9 Å². The third-order valence-electron chi connectivity index (χ3n) is 2.32. The molecule has 1 fully saturated rings. The zero-order valence-electron chi connectivity index (χ0n) is 9.11. The van der Waals surface area contributed by atoms with E-state index in [-0.39, 0.29) is 6.61 Å². The molecule has 1 aliphatic heterocycles. The van der Waals surface area contributed by atoms with Crippen molar-refractivity contribution in [3.05, 3.63) is 0 Å². The lowest BCUT2D eigenvalue weighted by Gasteiger charge is -2.22. The van der Waals surface area contributed by atoms with Crippen LogP contribution in [0.5, 0.6) is 0 Å². The normalized spacial score (nSPS) is 21.1. The topological polar surface area (TPSA) is 51.5 Å². The Kier molecular flexibility index (Phi) is 7.18. The number of ether oxygens (including phenoxy) is 3. The zero-order valence-corrected chi connectivity index (χ0v) is 9.11. The molecule has 0 aromatic carbocycles. The summed E-state index contributed by atoms with van der Waals surface area (Å²) in [7, 11) is 0. The summed E-state index contributed by atoms with van der Waals surface area (Å²) in [6.07, 6.45) is 4.68. The largest absolute Gasteiger partial charge is 0.379 e. The molecule has 0 aromatic rings. The highest BCUT2D eigenvalue weighted by Crippen LogP contribution is 2.12. The quantitative estimate of drug-likeness (QED) is 0.601. The lowest BCUT2D eigenvalue weighted by Crippen LogP contribution is -2.24. The maximum atomic E-state index is 8.22. The van der Waals surface area contributed by atoms with Gasteiger partial charge in [-0.3, -0.25) is 0 Å².